The van der Waals surface area contributed by atoms with Crippen molar-refractivity contribution in [1.29, 1.82) is 0 Å². The Labute approximate surface area is 105 Å². The number of aromatic nitrogens is 1. The van der Waals surface area contributed by atoms with Crippen LogP contribution in [0.5, 0.6) is 5.88 Å². The van der Waals surface area contributed by atoms with E-state index in [9.17, 15) is 9.90 Å². The number of nitrogens with zero attached hydrogens (tertiary/aromatic N) is 1. The first-order valence-corrected chi connectivity index (χ1v) is 6.08. The van der Waals surface area contributed by atoms with Crippen molar-refractivity contribution in [3.63, 3.8) is 0 Å². The monoisotopic (exact) mass is 251 g/mol. The molecule has 1 saturated carbocycles. The summed E-state index contributed by atoms with van der Waals surface area (Å²) in [7, 11) is 0. The van der Waals surface area contributed by atoms with Gasteiger partial charge in [0.05, 0.1) is 12.0 Å². The van der Waals surface area contributed by atoms with Gasteiger partial charge in [-0.25, -0.2) is 4.98 Å². The highest BCUT2D eigenvalue weighted by Crippen LogP contribution is 2.37. The third kappa shape index (κ3) is 2.61. The average molecular weight is 251 g/mol. The Morgan fingerprint density at radius 1 is 1.44 bits per heavy atom. The van der Waals surface area contributed by atoms with Crippen LogP contribution in [0.1, 0.15) is 25.7 Å². The molecule has 1 aliphatic rings. The number of hydrogen-bond acceptors (Lipinski definition) is 4. The maximum absolute atomic E-state index is 11.2. The molecule has 0 amide bonds. The van der Waals surface area contributed by atoms with Crippen molar-refractivity contribution in [3.05, 3.63) is 24.4 Å². The zero-order chi connectivity index (χ0) is 13.0. The summed E-state index contributed by atoms with van der Waals surface area (Å²) in [5.41, 5.74) is -0.982. The van der Waals surface area contributed by atoms with E-state index in [1.54, 1.807) is 12.3 Å². The summed E-state index contributed by atoms with van der Waals surface area (Å²) in [6.45, 7) is -0.307. The molecule has 1 aliphatic carbocycles. The van der Waals surface area contributed by atoms with E-state index in [0.29, 0.717) is 31.6 Å². The predicted octanol–water partition coefficient (Wildman–Crippen LogP) is 1.47. The quantitative estimate of drug-likeness (QED) is 0.847. The number of hydrogen-bond donors (Lipinski definition) is 2. The van der Waals surface area contributed by atoms with E-state index in [1.165, 1.54) is 0 Å². The number of carboxylic acid groups (broad SMARTS) is 1. The number of aliphatic carboxylic acids is 1. The third-order valence-corrected chi connectivity index (χ3v) is 3.57. The molecule has 1 aromatic heterocycles. The van der Waals surface area contributed by atoms with Crippen LogP contribution in [0.15, 0.2) is 24.4 Å². The molecule has 0 spiro atoms. The maximum Gasteiger partial charge on any atom is 0.311 e. The number of pyridine rings is 1. The molecule has 18 heavy (non-hydrogen) atoms. The van der Waals surface area contributed by atoms with Crippen molar-refractivity contribution in [2.45, 2.75) is 31.8 Å². The Morgan fingerprint density at radius 3 is 2.67 bits per heavy atom. The number of carboxylic acids is 1. The normalized spacial score (nSPS) is 27.7. The second-order valence-corrected chi connectivity index (χ2v) is 4.73. The molecule has 0 saturated heterocycles. The molecule has 98 valence electrons. The zero-order valence-electron chi connectivity index (χ0n) is 10.1. The van der Waals surface area contributed by atoms with Crippen LogP contribution in [-0.2, 0) is 4.79 Å². The molecule has 1 fully saturated rings. The molecule has 2 N–H and O–H groups in total. The summed E-state index contributed by atoms with van der Waals surface area (Å²) >= 11 is 0. The standard InChI is InChI=1S/C13H17NO4/c15-9-13(12(16)17)6-4-10(5-7-13)18-11-3-1-2-8-14-11/h1-3,8,10,15H,4-7,9H2,(H,16,17). The third-order valence-electron chi connectivity index (χ3n) is 3.57. The molecule has 0 aromatic carbocycles. The van der Waals surface area contributed by atoms with Crippen molar-refractivity contribution in [3.8, 4) is 5.88 Å². The van der Waals surface area contributed by atoms with Crippen LogP contribution < -0.4 is 4.74 Å². The van der Waals surface area contributed by atoms with Gasteiger partial charge < -0.3 is 14.9 Å². The lowest BCUT2D eigenvalue weighted by Crippen LogP contribution is -2.41. The van der Waals surface area contributed by atoms with Crippen LogP contribution in [0.4, 0.5) is 0 Å². The molecule has 0 atom stereocenters. The smallest absolute Gasteiger partial charge is 0.311 e. The van der Waals surface area contributed by atoms with Gasteiger partial charge in [-0.3, -0.25) is 4.79 Å². The Balaban J connectivity index is 1.93. The maximum atomic E-state index is 11.2. The van der Waals surface area contributed by atoms with Gasteiger partial charge in [0.2, 0.25) is 5.88 Å². The van der Waals surface area contributed by atoms with Crippen molar-refractivity contribution in [2.24, 2.45) is 5.41 Å². The minimum Gasteiger partial charge on any atom is -0.481 e. The number of aliphatic hydroxyl groups excluding tert-OH is 1. The van der Waals surface area contributed by atoms with Crippen LogP contribution in [0.3, 0.4) is 0 Å². The van der Waals surface area contributed by atoms with Crippen molar-refractivity contribution in [1.82, 2.24) is 4.98 Å². The highest BCUT2D eigenvalue weighted by atomic mass is 16.5. The van der Waals surface area contributed by atoms with E-state index in [4.69, 9.17) is 9.84 Å². The van der Waals surface area contributed by atoms with E-state index in [0.717, 1.165) is 0 Å². The minimum absolute atomic E-state index is 0.0149. The molecule has 0 unspecified atom stereocenters. The summed E-state index contributed by atoms with van der Waals surface area (Å²) in [6.07, 6.45) is 3.78. The van der Waals surface area contributed by atoms with Gasteiger partial charge in [-0.05, 0) is 31.7 Å². The van der Waals surface area contributed by atoms with Crippen LogP contribution in [0.2, 0.25) is 0 Å². The molecule has 0 bridgehead atoms. The SMILES string of the molecule is O=C(O)C1(CO)CCC(Oc2ccccn2)CC1. The molecular formula is C13H17NO4. The molecule has 0 aliphatic heterocycles. The van der Waals surface area contributed by atoms with E-state index in [2.05, 4.69) is 4.98 Å². The lowest BCUT2D eigenvalue weighted by atomic mass is 9.74. The van der Waals surface area contributed by atoms with Crippen LogP contribution in [0, 0.1) is 5.41 Å². The zero-order valence-corrected chi connectivity index (χ0v) is 10.1. The first-order valence-electron chi connectivity index (χ1n) is 6.08. The Kier molecular flexibility index (Phi) is 3.81. The van der Waals surface area contributed by atoms with Crippen LogP contribution in [-0.4, -0.2) is 33.9 Å². The summed E-state index contributed by atoms with van der Waals surface area (Å²) in [6, 6.07) is 5.44. The minimum atomic E-state index is -0.982. The Bertz CT molecular complexity index is 399. The van der Waals surface area contributed by atoms with E-state index >= 15 is 0 Å². The largest absolute Gasteiger partial charge is 0.481 e. The second-order valence-electron chi connectivity index (χ2n) is 4.73. The van der Waals surface area contributed by atoms with E-state index < -0.39 is 11.4 Å². The fourth-order valence-electron chi connectivity index (χ4n) is 2.29. The number of rotatable bonds is 4. The van der Waals surface area contributed by atoms with Gasteiger partial charge in [0.1, 0.15) is 6.10 Å². The molecule has 0 radical (unpaired) electrons. The highest BCUT2D eigenvalue weighted by molar-refractivity contribution is 5.74. The van der Waals surface area contributed by atoms with Gasteiger partial charge in [0, 0.05) is 12.3 Å². The molecule has 1 heterocycles. The average Bonchev–Trinajstić information content (AvgIpc) is 2.41. The lowest BCUT2D eigenvalue weighted by molar-refractivity contribution is -0.155. The fourth-order valence-corrected chi connectivity index (χ4v) is 2.29. The second kappa shape index (κ2) is 5.35. The molecular weight excluding hydrogens is 234 g/mol. The summed E-state index contributed by atoms with van der Waals surface area (Å²) in [4.78, 5) is 15.2. The van der Waals surface area contributed by atoms with Gasteiger partial charge in [-0.1, -0.05) is 6.07 Å². The number of ether oxygens (including phenoxy) is 1. The number of aliphatic hydroxyl groups is 1. The van der Waals surface area contributed by atoms with Crippen molar-refractivity contribution in [2.75, 3.05) is 6.61 Å². The molecule has 5 nitrogen and oxygen atoms in total. The summed E-state index contributed by atoms with van der Waals surface area (Å²) in [5.74, 6) is -0.351. The molecule has 2 rings (SSSR count). The van der Waals surface area contributed by atoms with E-state index in [1.807, 2.05) is 12.1 Å². The predicted molar refractivity (Wildman–Crippen MR) is 64.3 cm³/mol. The van der Waals surface area contributed by atoms with Gasteiger partial charge in [0.15, 0.2) is 0 Å². The first kappa shape index (κ1) is 12.8. The molecule has 1 aromatic rings. The topological polar surface area (TPSA) is 79.7 Å². The first-order chi connectivity index (χ1) is 8.66. The number of carbonyl (C=O) groups is 1. The summed E-state index contributed by atoms with van der Waals surface area (Å²) < 4.78 is 5.69. The fraction of sp³-hybridized carbons (Fsp3) is 0.538. The van der Waals surface area contributed by atoms with Crippen molar-refractivity contribution < 1.29 is 19.7 Å². The highest BCUT2D eigenvalue weighted by Gasteiger charge is 2.42. The van der Waals surface area contributed by atoms with Gasteiger partial charge in [-0.2, -0.15) is 0 Å². The Hall–Kier alpha value is -1.62. The van der Waals surface area contributed by atoms with Gasteiger partial charge >= 0.3 is 5.97 Å². The van der Waals surface area contributed by atoms with Crippen molar-refractivity contribution >= 4 is 5.97 Å². The Morgan fingerprint density at radius 2 is 2.17 bits per heavy atom. The van der Waals surface area contributed by atoms with Gasteiger partial charge in [0.25, 0.3) is 0 Å². The molecule has 5 heteroatoms. The summed E-state index contributed by atoms with van der Waals surface area (Å²) in [5, 5.41) is 18.4. The van der Waals surface area contributed by atoms with E-state index in [-0.39, 0.29) is 12.7 Å². The van der Waals surface area contributed by atoms with Crippen LogP contribution >= 0.6 is 0 Å². The lowest BCUT2D eigenvalue weighted by Gasteiger charge is -2.35. The van der Waals surface area contributed by atoms with Crippen LogP contribution in [0.25, 0.3) is 0 Å². The van der Waals surface area contributed by atoms with Gasteiger partial charge in [-0.15, -0.1) is 0 Å².